The number of hydrogen-bond acceptors (Lipinski definition) is 3. The maximum Gasteiger partial charge on any atom is 0.365 e. The Kier molecular flexibility index (Phi) is 4.55. The molecule has 0 heterocycles. The standard InChI is InChI=1S/C14H9Cl2NO2/c15-12-8-6-11(7-9-12)14(18)19-17-13(16)10-4-2-1-3-5-10/h1-9H/b17-13-. The van der Waals surface area contributed by atoms with Gasteiger partial charge in [0.05, 0.1) is 5.56 Å². The smallest absolute Gasteiger partial charge is 0.311 e. The van der Waals surface area contributed by atoms with Crippen LogP contribution in [0.4, 0.5) is 0 Å². The summed E-state index contributed by atoms with van der Waals surface area (Å²) in [5.74, 6) is -0.592. The molecule has 0 saturated heterocycles. The summed E-state index contributed by atoms with van der Waals surface area (Å²) < 4.78 is 0. The zero-order valence-electron chi connectivity index (χ0n) is 9.72. The summed E-state index contributed by atoms with van der Waals surface area (Å²) in [7, 11) is 0. The minimum Gasteiger partial charge on any atom is -0.311 e. The summed E-state index contributed by atoms with van der Waals surface area (Å²) >= 11 is 11.6. The normalized spacial score (nSPS) is 11.2. The molecular weight excluding hydrogens is 285 g/mol. The molecule has 0 bridgehead atoms. The fourth-order valence-electron chi connectivity index (χ4n) is 1.35. The third kappa shape index (κ3) is 3.81. The molecule has 0 spiro atoms. The number of halogens is 2. The number of carbonyl (C=O) groups is 1. The Morgan fingerprint density at radius 3 is 2.21 bits per heavy atom. The molecule has 96 valence electrons. The molecule has 0 N–H and O–H groups in total. The van der Waals surface area contributed by atoms with Crippen LogP contribution in [-0.4, -0.2) is 11.1 Å². The first-order valence-corrected chi connectivity index (χ1v) is 6.18. The number of hydrogen-bond donors (Lipinski definition) is 0. The first-order chi connectivity index (χ1) is 9.16. The van der Waals surface area contributed by atoms with Crippen molar-refractivity contribution in [2.75, 3.05) is 0 Å². The van der Waals surface area contributed by atoms with E-state index in [1.165, 1.54) is 0 Å². The molecule has 0 aliphatic carbocycles. The predicted molar refractivity (Wildman–Crippen MR) is 75.7 cm³/mol. The van der Waals surface area contributed by atoms with Crippen LogP contribution in [0.5, 0.6) is 0 Å². The maximum atomic E-state index is 11.7. The average molecular weight is 294 g/mol. The molecule has 0 atom stereocenters. The second kappa shape index (κ2) is 6.36. The molecule has 2 aromatic rings. The van der Waals surface area contributed by atoms with Crippen LogP contribution < -0.4 is 0 Å². The molecule has 0 aliphatic rings. The second-order valence-corrected chi connectivity index (χ2v) is 4.43. The van der Waals surface area contributed by atoms with Crippen LogP contribution >= 0.6 is 23.2 Å². The molecule has 3 nitrogen and oxygen atoms in total. The fraction of sp³-hybridized carbons (Fsp3) is 0. The second-order valence-electron chi connectivity index (χ2n) is 3.63. The van der Waals surface area contributed by atoms with E-state index in [0.717, 1.165) is 0 Å². The molecule has 0 amide bonds. The van der Waals surface area contributed by atoms with E-state index in [-0.39, 0.29) is 5.17 Å². The van der Waals surface area contributed by atoms with Crippen LogP contribution in [0.25, 0.3) is 0 Å². The van der Waals surface area contributed by atoms with Crippen molar-refractivity contribution in [3.8, 4) is 0 Å². The van der Waals surface area contributed by atoms with Crippen LogP contribution in [0.1, 0.15) is 15.9 Å². The van der Waals surface area contributed by atoms with Gasteiger partial charge in [0.1, 0.15) is 0 Å². The van der Waals surface area contributed by atoms with E-state index in [9.17, 15) is 4.79 Å². The highest BCUT2D eigenvalue weighted by Crippen LogP contribution is 2.11. The number of nitrogens with zero attached hydrogens (tertiary/aromatic N) is 1. The quantitative estimate of drug-likeness (QED) is 0.485. The lowest BCUT2D eigenvalue weighted by Crippen LogP contribution is -2.02. The molecule has 0 aliphatic heterocycles. The Hall–Kier alpha value is -1.84. The first kappa shape index (κ1) is 13.6. The summed E-state index contributed by atoms with van der Waals surface area (Å²) in [5.41, 5.74) is 1.03. The molecule has 0 saturated carbocycles. The summed E-state index contributed by atoms with van der Waals surface area (Å²) in [4.78, 5) is 16.4. The Morgan fingerprint density at radius 1 is 0.947 bits per heavy atom. The van der Waals surface area contributed by atoms with Crippen LogP contribution in [-0.2, 0) is 4.84 Å². The van der Waals surface area contributed by atoms with E-state index in [1.807, 2.05) is 18.2 Å². The average Bonchev–Trinajstić information content (AvgIpc) is 2.46. The van der Waals surface area contributed by atoms with Gasteiger partial charge in [-0.25, -0.2) is 4.79 Å². The van der Waals surface area contributed by atoms with Crippen LogP contribution in [0, 0.1) is 0 Å². The van der Waals surface area contributed by atoms with Gasteiger partial charge in [-0.1, -0.05) is 58.7 Å². The lowest BCUT2D eigenvalue weighted by atomic mass is 10.2. The van der Waals surface area contributed by atoms with Gasteiger partial charge in [-0.05, 0) is 24.3 Å². The molecule has 2 rings (SSSR count). The molecule has 0 unspecified atom stereocenters. The van der Waals surface area contributed by atoms with Gasteiger partial charge in [0, 0.05) is 10.6 Å². The Bertz CT molecular complexity index is 595. The van der Waals surface area contributed by atoms with E-state index < -0.39 is 5.97 Å². The Balaban J connectivity index is 2.06. The zero-order chi connectivity index (χ0) is 13.7. The van der Waals surface area contributed by atoms with Crippen molar-refractivity contribution in [1.29, 1.82) is 0 Å². The van der Waals surface area contributed by atoms with Crippen molar-refractivity contribution in [2.24, 2.45) is 5.16 Å². The largest absolute Gasteiger partial charge is 0.365 e. The molecular formula is C14H9Cl2NO2. The van der Waals surface area contributed by atoms with Gasteiger partial charge in [-0.2, -0.15) is 0 Å². The minimum absolute atomic E-state index is 0.114. The first-order valence-electron chi connectivity index (χ1n) is 5.42. The van der Waals surface area contributed by atoms with E-state index in [2.05, 4.69) is 5.16 Å². The number of carbonyl (C=O) groups excluding carboxylic acids is 1. The predicted octanol–water partition coefficient (Wildman–Crippen LogP) is 4.10. The number of rotatable bonds is 3. The molecule has 0 aromatic heterocycles. The van der Waals surface area contributed by atoms with Gasteiger partial charge >= 0.3 is 5.97 Å². The van der Waals surface area contributed by atoms with E-state index in [4.69, 9.17) is 28.0 Å². The van der Waals surface area contributed by atoms with Crippen molar-refractivity contribution >= 4 is 34.3 Å². The SMILES string of the molecule is O=C(O/N=C(\Cl)c1ccccc1)c1ccc(Cl)cc1. The van der Waals surface area contributed by atoms with Gasteiger partial charge in [-0.15, -0.1) is 0 Å². The highest BCUT2D eigenvalue weighted by atomic mass is 35.5. The fourth-order valence-corrected chi connectivity index (χ4v) is 1.64. The summed E-state index contributed by atoms with van der Waals surface area (Å²) in [6.07, 6.45) is 0. The summed E-state index contributed by atoms with van der Waals surface area (Å²) in [6.45, 7) is 0. The Labute approximate surface area is 120 Å². The molecule has 5 heteroatoms. The van der Waals surface area contributed by atoms with E-state index in [1.54, 1.807) is 36.4 Å². The van der Waals surface area contributed by atoms with Gasteiger partial charge in [0.25, 0.3) is 0 Å². The monoisotopic (exact) mass is 293 g/mol. The highest BCUT2D eigenvalue weighted by molar-refractivity contribution is 6.69. The molecule has 19 heavy (non-hydrogen) atoms. The topological polar surface area (TPSA) is 38.7 Å². The zero-order valence-corrected chi connectivity index (χ0v) is 11.2. The lowest BCUT2D eigenvalue weighted by Gasteiger charge is -2.00. The number of benzene rings is 2. The maximum absolute atomic E-state index is 11.7. The summed E-state index contributed by atoms with van der Waals surface area (Å²) in [5, 5.41) is 4.25. The van der Waals surface area contributed by atoms with Crippen molar-refractivity contribution < 1.29 is 9.63 Å². The van der Waals surface area contributed by atoms with Gasteiger partial charge < -0.3 is 4.84 Å². The van der Waals surface area contributed by atoms with Crippen molar-refractivity contribution in [3.63, 3.8) is 0 Å². The van der Waals surface area contributed by atoms with Crippen LogP contribution in [0.15, 0.2) is 59.8 Å². The molecule has 0 fully saturated rings. The van der Waals surface area contributed by atoms with Crippen molar-refractivity contribution in [2.45, 2.75) is 0 Å². The highest BCUT2D eigenvalue weighted by Gasteiger charge is 2.07. The van der Waals surface area contributed by atoms with Gasteiger partial charge in [-0.3, -0.25) is 0 Å². The Morgan fingerprint density at radius 2 is 1.58 bits per heavy atom. The van der Waals surface area contributed by atoms with Gasteiger partial charge in [0.2, 0.25) is 0 Å². The summed E-state index contributed by atoms with van der Waals surface area (Å²) in [6, 6.07) is 15.3. The third-order valence-electron chi connectivity index (χ3n) is 2.30. The van der Waals surface area contributed by atoms with Crippen molar-refractivity contribution in [1.82, 2.24) is 0 Å². The van der Waals surface area contributed by atoms with Gasteiger partial charge in [0.15, 0.2) is 5.17 Å². The van der Waals surface area contributed by atoms with E-state index in [0.29, 0.717) is 16.1 Å². The minimum atomic E-state index is -0.592. The lowest BCUT2D eigenvalue weighted by molar-refractivity contribution is 0.0518. The third-order valence-corrected chi connectivity index (χ3v) is 2.84. The molecule has 2 aromatic carbocycles. The van der Waals surface area contributed by atoms with E-state index >= 15 is 0 Å². The van der Waals surface area contributed by atoms with Crippen LogP contribution in [0.3, 0.4) is 0 Å². The number of oxime groups is 1. The molecule has 0 radical (unpaired) electrons. The van der Waals surface area contributed by atoms with Crippen LogP contribution in [0.2, 0.25) is 5.02 Å². The van der Waals surface area contributed by atoms with Crippen molar-refractivity contribution in [3.05, 3.63) is 70.7 Å².